The van der Waals surface area contributed by atoms with Gasteiger partial charge in [0, 0.05) is 24.1 Å². The molecule has 1 aromatic carbocycles. The number of hydrogen-bond donors (Lipinski definition) is 2. The van der Waals surface area contributed by atoms with Crippen molar-refractivity contribution in [1.29, 1.82) is 0 Å². The summed E-state index contributed by atoms with van der Waals surface area (Å²) in [4.78, 5) is 12.0. The van der Waals surface area contributed by atoms with Crippen molar-refractivity contribution in [1.82, 2.24) is 5.32 Å². The van der Waals surface area contributed by atoms with Crippen LogP contribution in [-0.4, -0.2) is 10.9 Å². The van der Waals surface area contributed by atoms with Gasteiger partial charge in [0.05, 0.1) is 0 Å². The van der Waals surface area contributed by atoms with Crippen LogP contribution in [0.1, 0.15) is 45.2 Å². The highest BCUT2D eigenvalue weighted by molar-refractivity contribution is 7.80. The number of rotatable bonds is 5. The maximum Gasteiger partial charge on any atom is 0.220 e. The van der Waals surface area contributed by atoms with Crippen LogP contribution in [0.4, 0.5) is 4.39 Å². The number of nitrogens with two attached hydrogens (primary N) is 1. The second kappa shape index (κ2) is 6.98. The van der Waals surface area contributed by atoms with Gasteiger partial charge >= 0.3 is 0 Å². The van der Waals surface area contributed by atoms with Crippen molar-refractivity contribution in [3.05, 3.63) is 35.1 Å². The highest BCUT2D eigenvalue weighted by Crippen LogP contribution is 2.27. The molecule has 0 saturated heterocycles. The zero-order valence-electron chi connectivity index (χ0n) is 13.0. The zero-order valence-corrected chi connectivity index (χ0v) is 13.8. The molecule has 0 fully saturated rings. The van der Waals surface area contributed by atoms with Crippen LogP contribution in [0.5, 0.6) is 0 Å². The van der Waals surface area contributed by atoms with Crippen LogP contribution in [0, 0.1) is 17.2 Å². The van der Waals surface area contributed by atoms with E-state index in [9.17, 15) is 9.18 Å². The number of halogens is 1. The molecule has 0 radical (unpaired) electrons. The normalized spacial score (nSPS) is 12.8. The first-order chi connectivity index (χ1) is 9.61. The molecule has 0 saturated carbocycles. The van der Waals surface area contributed by atoms with Crippen molar-refractivity contribution in [2.45, 2.75) is 40.7 Å². The molecule has 3 N–H and O–H groups in total. The standard InChI is InChI=1S/C16H23FN2OS/c1-10(16(2,3)4)7-14(20)19-9-12-6-5-11(15(18)21)8-13(12)17/h5-6,8,10H,7,9H2,1-4H3,(H2,18,21)(H,19,20). The number of amides is 1. The van der Waals surface area contributed by atoms with E-state index >= 15 is 0 Å². The van der Waals surface area contributed by atoms with Gasteiger partial charge in [-0.25, -0.2) is 4.39 Å². The lowest BCUT2D eigenvalue weighted by Gasteiger charge is -2.26. The Hall–Kier alpha value is -1.49. The monoisotopic (exact) mass is 310 g/mol. The van der Waals surface area contributed by atoms with Gasteiger partial charge in [-0.15, -0.1) is 0 Å². The Morgan fingerprint density at radius 3 is 2.52 bits per heavy atom. The molecule has 0 spiro atoms. The molecule has 1 rings (SSSR count). The van der Waals surface area contributed by atoms with E-state index in [1.54, 1.807) is 12.1 Å². The molecule has 0 aliphatic rings. The fourth-order valence-corrected chi connectivity index (χ4v) is 1.82. The third-order valence-electron chi connectivity index (χ3n) is 3.78. The predicted octanol–water partition coefficient (Wildman–Crippen LogP) is 3.15. The Balaban J connectivity index is 2.60. The summed E-state index contributed by atoms with van der Waals surface area (Å²) < 4.78 is 13.8. The number of benzene rings is 1. The van der Waals surface area contributed by atoms with Gasteiger partial charge in [0.15, 0.2) is 0 Å². The first-order valence-corrected chi connectivity index (χ1v) is 7.37. The molecule has 116 valence electrons. The van der Waals surface area contributed by atoms with Crippen LogP contribution >= 0.6 is 12.2 Å². The van der Waals surface area contributed by atoms with Crippen molar-refractivity contribution in [3.8, 4) is 0 Å². The number of nitrogens with one attached hydrogen (secondary N) is 1. The van der Waals surface area contributed by atoms with Crippen LogP contribution in [0.2, 0.25) is 0 Å². The van der Waals surface area contributed by atoms with E-state index in [4.69, 9.17) is 18.0 Å². The minimum absolute atomic E-state index is 0.0705. The molecular formula is C16H23FN2OS. The van der Waals surface area contributed by atoms with Crippen molar-refractivity contribution in [2.24, 2.45) is 17.1 Å². The predicted molar refractivity (Wildman–Crippen MR) is 87.4 cm³/mol. The molecular weight excluding hydrogens is 287 g/mol. The van der Waals surface area contributed by atoms with Crippen LogP contribution < -0.4 is 11.1 Å². The Morgan fingerprint density at radius 2 is 2.05 bits per heavy atom. The second-order valence-electron chi connectivity index (χ2n) is 6.42. The molecule has 1 aromatic rings. The van der Waals surface area contributed by atoms with E-state index in [2.05, 4.69) is 26.1 Å². The SMILES string of the molecule is CC(CC(=O)NCc1ccc(C(N)=S)cc1F)C(C)(C)C. The summed E-state index contributed by atoms with van der Waals surface area (Å²) in [6.07, 6.45) is 0.427. The first kappa shape index (κ1) is 17.6. The van der Waals surface area contributed by atoms with Crippen molar-refractivity contribution in [2.75, 3.05) is 0 Å². The van der Waals surface area contributed by atoms with E-state index < -0.39 is 5.82 Å². The molecule has 0 heterocycles. The quantitative estimate of drug-likeness (QED) is 0.822. The third kappa shape index (κ3) is 5.42. The van der Waals surface area contributed by atoms with E-state index in [0.717, 1.165) is 0 Å². The fourth-order valence-electron chi connectivity index (χ4n) is 1.69. The Morgan fingerprint density at radius 1 is 1.43 bits per heavy atom. The summed E-state index contributed by atoms with van der Waals surface area (Å²) in [6, 6.07) is 4.55. The molecule has 0 aliphatic heterocycles. The average Bonchev–Trinajstić information content (AvgIpc) is 2.35. The van der Waals surface area contributed by atoms with Gasteiger partial charge in [0.2, 0.25) is 5.91 Å². The van der Waals surface area contributed by atoms with Crippen molar-refractivity contribution < 1.29 is 9.18 Å². The van der Waals surface area contributed by atoms with E-state index in [1.807, 2.05) is 6.92 Å². The molecule has 21 heavy (non-hydrogen) atoms. The number of thiocarbonyl (C=S) groups is 1. The molecule has 1 atom stereocenters. The van der Waals surface area contributed by atoms with Gasteiger partial charge in [-0.05, 0) is 17.4 Å². The number of carbonyl (C=O) groups is 1. The minimum Gasteiger partial charge on any atom is -0.389 e. The van der Waals surface area contributed by atoms with Crippen LogP contribution in [0.25, 0.3) is 0 Å². The van der Waals surface area contributed by atoms with Crippen LogP contribution in [-0.2, 0) is 11.3 Å². The zero-order chi connectivity index (χ0) is 16.2. The molecule has 0 aromatic heterocycles. The highest BCUT2D eigenvalue weighted by Gasteiger charge is 2.22. The summed E-state index contributed by atoms with van der Waals surface area (Å²) in [5, 5.41) is 2.75. The van der Waals surface area contributed by atoms with Gasteiger partial charge in [0.25, 0.3) is 0 Å². The van der Waals surface area contributed by atoms with Crippen molar-refractivity contribution in [3.63, 3.8) is 0 Å². The molecule has 1 unspecified atom stereocenters. The van der Waals surface area contributed by atoms with E-state index in [-0.39, 0.29) is 28.8 Å². The van der Waals surface area contributed by atoms with Crippen molar-refractivity contribution >= 4 is 23.1 Å². The average molecular weight is 310 g/mol. The number of carbonyl (C=O) groups excluding carboxylic acids is 1. The van der Waals surface area contributed by atoms with Crippen LogP contribution in [0.15, 0.2) is 18.2 Å². The van der Waals surface area contributed by atoms with Gasteiger partial charge < -0.3 is 11.1 Å². The lowest BCUT2D eigenvalue weighted by atomic mass is 9.80. The summed E-state index contributed by atoms with van der Waals surface area (Å²) in [6.45, 7) is 8.49. The summed E-state index contributed by atoms with van der Waals surface area (Å²) in [7, 11) is 0. The minimum atomic E-state index is -0.413. The van der Waals surface area contributed by atoms with Gasteiger partial charge in [0.1, 0.15) is 10.8 Å². The summed E-state index contributed by atoms with van der Waals surface area (Å²) >= 11 is 4.79. The molecule has 3 nitrogen and oxygen atoms in total. The maximum atomic E-state index is 13.8. The van der Waals surface area contributed by atoms with E-state index in [1.165, 1.54) is 6.07 Å². The molecule has 5 heteroatoms. The number of hydrogen-bond acceptors (Lipinski definition) is 2. The Labute approximate surface area is 131 Å². The largest absolute Gasteiger partial charge is 0.389 e. The third-order valence-corrected chi connectivity index (χ3v) is 4.02. The molecule has 0 bridgehead atoms. The second-order valence-corrected chi connectivity index (χ2v) is 6.86. The lowest BCUT2D eigenvalue weighted by molar-refractivity contribution is -0.122. The Kier molecular flexibility index (Phi) is 5.84. The summed E-state index contributed by atoms with van der Waals surface area (Å²) in [5.74, 6) is -0.237. The first-order valence-electron chi connectivity index (χ1n) is 6.96. The highest BCUT2D eigenvalue weighted by atomic mass is 32.1. The molecule has 1 amide bonds. The fraction of sp³-hybridized carbons (Fsp3) is 0.500. The summed E-state index contributed by atoms with van der Waals surface area (Å²) in [5.41, 5.74) is 6.42. The molecule has 0 aliphatic carbocycles. The van der Waals surface area contributed by atoms with Crippen LogP contribution in [0.3, 0.4) is 0 Å². The lowest BCUT2D eigenvalue weighted by Crippen LogP contribution is -2.29. The van der Waals surface area contributed by atoms with Gasteiger partial charge in [-0.2, -0.15) is 0 Å². The maximum absolute atomic E-state index is 13.8. The van der Waals surface area contributed by atoms with Gasteiger partial charge in [-0.3, -0.25) is 4.79 Å². The van der Waals surface area contributed by atoms with E-state index in [0.29, 0.717) is 17.5 Å². The van der Waals surface area contributed by atoms with Gasteiger partial charge in [-0.1, -0.05) is 52.0 Å². The smallest absolute Gasteiger partial charge is 0.220 e. The Bertz CT molecular complexity index is 538. The topological polar surface area (TPSA) is 55.1 Å².